The zero-order valence-corrected chi connectivity index (χ0v) is 8.44. The first kappa shape index (κ1) is 9.64. The molecule has 0 aliphatic heterocycles. The minimum Gasteiger partial charge on any atom is -0.382 e. The highest BCUT2D eigenvalue weighted by Gasteiger charge is 2.23. The van der Waals surface area contributed by atoms with Gasteiger partial charge in [-0.2, -0.15) is 4.37 Å². The van der Waals surface area contributed by atoms with Gasteiger partial charge in [0.25, 0.3) is 0 Å². The van der Waals surface area contributed by atoms with E-state index in [1.165, 1.54) is 11.5 Å². The van der Waals surface area contributed by atoms with Crippen LogP contribution in [0.25, 0.3) is 0 Å². The van der Waals surface area contributed by atoms with E-state index in [0.717, 1.165) is 10.6 Å². The number of nitrogens with zero attached hydrogens (tertiary/aromatic N) is 1. The van der Waals surface area contributed by atoms with Gasteiger partial charge in [0, 0.05) is 12.0 Å². The molecule has 0 spiro atoms. The van der Waals surface area contributed by atoms with E-state index in [1.54, 1.807) is 7.11 Å². The maximum absolute atomic E-state index is 6.01. The minimum absolute atomic E-state index is 0.402. The fourth-order valence-electron chi connectivity index (χ4n) is 1.00. The summed E-state index contributed by atoms with van der Waals surface area (Å²) < 4.78 is 9.20. The van der Waals surface area contributed by atoms with E-state index < -0.39 is 5.54 Å². The Kier molecular flexibility index (Phi) is 2.82. The van der Waals surface area contributed by atoms with Crippen LogP contribution in [-0.2, 0) is 10.3 Å². The smallest absolute Gasteiger partial charge is 0.0727 e. The third kappa shape index (κ3) is 2.03. The Hall–Kier alpha value is -0.450. The maximum atomic E-state index is 6.01. The molecule has 0 saturated carbocycles. The molecule has 0 saturated heterocycles. The lowest BCUT2D eigenvalue weighted by Gasteiger charge is -2.20. The lowest BCUT2D eigenvalue weighted by atomic mass is 10.0. The summed E-state index contributed by atoms with van der Waals surface area (Å²) in [6.45, 7) is 4.43. The van der Waals surface area contributed by atoms with Crippen LogP contribution in [0.1, 0.15) is 17.5 Å². The monoisotopic (exact) mass is 186 g/mol. The topological polar surface area (TPSA) is 48.1 Å². The van der Waals surface area contributed by atoms with Crippen molar-refractivity contribution in [2.45, 2.75) is 19.4 Å². The molecule has 0 bridgehead atoms. The lowest BCUT2D eigenvalue weighted by molar-refractivity contribution is 0.142. The summed E-state index contributed by atoms with van der Waals surface area (Å²) in [5.74, 6) is 0. The van der Waals surface area contributed by atoms with Gasteiger partial charge in [0.15, 0.2) is 0 Å². The molecule has 0 aliphatic carbocycles. The summed E-state index contributed by atoms with van der Waals surface area (Å²) in [5, 5.41) is 0. The number of aromatic nitrogens is 1. The van der Waals surface area contributed by atoms with Crippen molar-refractivity contribution >= 4 is 11.5 Å². The minimum atomic E-state index is -0.402. The zero-order valence-electron chi connectivity index (χ0n) is 7.63. The van der Waals surface area contributed by atoms with E-state index in [9.17, 15) is 0 Å². The van der Waals surface area contributed by atoms with E-state index in [1.807, 2.05) is 19.9 Å². The van der Waals surface area contributed by atoms with Crippen molar-refractivity contribution < 1.29 is 4.74 Å². The van der Waals surface area contributed by atoms with Crippen LogP contribution in [0.4, 0.5) is 0 Å². The molecule has 0 aromatic carbocycles. The van der Waals surface area contributed by atoms with E-state index in [0.29, 0.717) is 6.61 Å². The average Bonchev–Trinajstić information content (AvgIpc) is 2.36. The summed E-state index contributed by atoms with van der Waals surface area (Å²) in [5.41, 5.74) is 6.62. The standard InChI is InChI=1S/C8H14N2OS/c1-6-4-7(12-10-6)8(2,9)5-11-3/h4H,5,9H2,1-3H3. The second-order valence-corrected chi connectivity index (χ2v) is 3.99. The number of ether oxygens (including phenoxy) is 1. The van der Waals surface area contributed by atoms with Gasteiger partial charge in [-0.25, -0.2) is 0 Å². The van der Waals surface area contributed by atoms with E-state index in [-0.39, 0.29) is 0 Å². The van der Waals surface area contributed by atoms with Crippen molar-refractivity contribution in [3.05, 3.63) is 16.6 Å². The van der Waals surface area contributed by atoms with Gasteiger partial charge < -0.3 is 10.5 Å². The number of hydrogen-bond donors (Lipinski definition) is 1. The highest BCUT2D eigenvalue weighted by atomic mass is 32.1. The van der Waals surface area contributed by atoms with Crippen LogP contribution in [0.2, 0.25) is 0 Å². The molecule has 2 N–H and O–H groups in total. The molecule has 1 aromatic rings. The Bertz CT molecular complexity index is 257. The van der Waals surface area contributed by atoms with Gasteiger partial charge in [-0.15, -0.1) is 0 Å². The molecule has 4 heteroatoms. The molecular weight excluding hydrogens is 172 g/mol. The molecule has 68 valence electrons. The van der Waals surface area contributed by atoms with E-state index >= 15 is 0 Å². The van der Waals surface area contributed by atoms with E-state index in [4.69, 9.17) is 10.5 Å². The summed E-state index contributed by atoms with van der Waals surface area (Å²) in [6.07, 6.45) is 0. The van der Waals surface area contributed by atoms with Crippen molar-refractivity contribution in [3.63, 3.8) is 0 Å². The molecule has 1 unspecified atom stereocenters. The Morgan fingerprint density at radius 3 is 2.83 bits per heavy atom. The molecule has 1 atom stereocenters. The van der Waals surface area contributed by atoms with Crippen LogP contribution >= 0.6 is 11.5 Å². The highest BCUT2D eigenvalue weighted by Crippen LogP contribution is 2.22. The van der Waals surface area contributed by atoms with Crippen LogP contribution in [0.3, 0.4) is 0 Å². The van der Waals surface area contributed by atoms with Gasteiger partial charge in [0.1, 0.15) is 0 Å². The van der Waals surface area contributed by atoms with Crippen molar-refractivity contribution in [2.24, 2.45) is 5.73 Å². The molecule has 1 rings (SSSR count). The first-order valence-corrected chi connectivity index (χ1v) is 4.55. The third-order valence-corrected chi connectivity index (χ3v) is 2.80. The first-order chi connectivity index (χ1) is 5.56. The predicted molar refractivity (Wildman–Crippen MR) is 50.3 cm³/mol. The molecule has 3 nitrogen and oxygen atoms in total. The normalized spacial score (nSPS) is 16.0. The van der Waals surface area contributed by atoms with Crippen LogP contribution in [0.15, 0.2) is 6.07 Å². The van der Waals surface area contributed by atoms with Gasteiger partial charge in [0.2, 0.25) is 0 Å². The lowest BCUT2D eigenvalue weighted by Crippen LogP contribution is -2.36. The maximum Gasteiger partial charge on any atom is 0.0727 e. The Morgan fingerprint density at radius 2 is 2.42 bits per heavy atom. The summed E-state index contributed by atoms with van der Waals surface area (Å²) >= 11 is 1.44. The van der Waals surface area contributed by atoms with Crippen LogP contribution < -0.4 is 5.73 Å². The van der Waals surface area contributed by atoms with Crippen molar-refractivity contribution in [2.75, 3.05) is 13.7 Å². The number of hydrogen-bond acceptors (Lipinski definition) is 4. The molecular formula is C8H14N2OS. The largest absolute Gasteiger partial charge is 0.382 e. The summed E-state index contributed by atoms with van der Waals surface area (Å²) in [6, 6.07) is 2.00. The van der Waals surface area contributed by atoms with Crippen LogP contribution in [0, 0.1) is 6.92 Å². The molecule has 0 aliphatic rings. The van der Waals surface area contributed by atoms with Gasteiger partial charge in [0.05, 0.1) is 17.8 Å². The summed E-state index contributed by atoms with van der Waals surface area (Å²) in [7, 11) is 1.65. The Morgan fingerprint density at radius 1 is 1.75 bits per heavy atom. The number of aryl methyl sites for hydroxylation is 1. The Labute approximate surface area is 76.7 Å². The SMILES string of the molecule is COCC(C)(N)c1cc(C)ns1. The molecule has 1 heterocycles. The Balaban J connectivity index is 2.81. The van der Waals surface area contributed by atoms with E-state index in [2.05, 4.69) is 4.37 Å². The van der Waals surface area contributed by atoms with Crippen molar-refractivity contribution in [3.8, 4) is 0 Å². The summed E-state index contributed by atoms with van der Waals surface area (Å²) in [4.78, 5) is 1.07. The second-order valence-electron chi connectivity index (χ2n) is 3.18. The molecule has 1 aromatic heterocycles. The quantitative estimate of drug-likeness (QED) is 0.773. The predicted octanol–water partition coefficient (Wildman–Crippen LogP) is 1.27. The third-order valence-electron chi connectivity index (χ3n) is 1.64. The van der Waals surface area contributed by atoms with Crippen LogP contribution in [-0.4, -0.2) is 18.1 Å². The highest BCUT2D eigenvalue weighted by molar-refractivity contribution is 7.06. The average molecular weight is 186 g/mol. The number of nitrogens with two attached hydrogens (primary N) is 1. The number of rotatable bonds is 3. The van der Waals surface area contributed by atoms with Gasteiger partial charge in [-0.05, 0) is 31.4 Å². The van der Waals surface area contributed by atoms with Gasteiger partial charge >= 0.3 is 0 Å². The first-order valence-electron chi connectivity index (χ1n) is 3.78. The second kappa shape index (κ2) is 3.51. The fraction of sp³-hybridized carbons (Fsp3) is 0.625. The number of methoxy groups -OCH3 is 1. The van der Waals surface area contributed by atoms with Gasteiger partial charge in [-0.3, -0.25) is 0 Å². The van der Waals surface area contributed by atoms with Crippen molar-refractivity contribution in [1.82, 2.24) is 4.37 Å². The molecule has 0 amide bonds. The molecule has 0 fully saturated rings. The zero-order chi connectivity index (χ0) is 9.19. The molecule has 12 heavy (non-hydrogen) atoms. The van der Waals surface area contributed by atoms with Crippen molar-refractivity contribution in [1.29, 1.82) is 0 Å². The molecule has 0 radical (unpaired) electrons. The van der Waals surface area contributed by atoms with Gasteiger partial charge in [-0.1, -0.05) is 0 Å². The van der Waals surface area contributed by atoms with Crippen LogP contribution in [0.5, 0.6) is 0 Å². The fourth-order valence-corrected chi connectivity index (χ4v) is 1.79.